The molecule has 2 N–H and O–H groups in total. The fourth-order valence-corrected chi connectivity index (χ4v) is 3.44. The standard InChI is InChI=1S/C20H20N4.2C2H6/c1-22-12-17(11-21)15-6-8-18-19(10-15)24-13-16-5-3-2-4-14(16)7-9-20(24)23-18;2*1-2/h2-6,8,10-12H,7,9,13,21H2,1H3;2*1-2H3/b17-11+,22-12?;;. The highest BCUT2D eigenvalue weighted by atomic mass is 15.1. The summed E-state index contributed by atoms with van der Waals surface area (Å²) in [5.74, 6) is 1.15. The zero-order valence-corrected chi connectivity index (χ0v) is 17.7. The molecule has 0 unspecified atom stereocenters. The molecule has 0 radical (unpaired) electrons. The van der Waals surface area contributed by atoms with Crippen molar-refractivity contribution >= 4 is 22.8 Å². The van der Waals surface area contributed by atoms with Crippen molar-refractivity contribution in [3.05, 3.63) is 71.2 Å². The molecular weight excluding hydrogens is 344 g/mol. The summed E-state index contributed by atoms with van der Waals surface area (Å²) in [6.07, 6.45) is 5.40. The summed E-state index contributed by atoms with van der Waals surface area (Å²) in [7, 11) is 1.75. The molecular formula is C24H32N4. The van der Waals surface area contributed by atoms with Crippen LogP contribution in [0.2, 0.25) is 0 Å². The minimum absolute atomic E-state index is 0.870. The zero-order valence-electron chi connectivity index (χ0n) is 17.7. The van der Waals surface area contributed by atoms with Crippen LogP contribution < -0.4 is 5.73 Å². The Hall–Kier alpha value is -2.88. The highest BCUT2D eigenvalue weighted by Gasteiger charge is 2.17. The number of rotatable bonds is 2. The van der Waals surface area contributed by atoms with Gasteiger partial charge in [-0.3, -0.25) is 4.99 Å². The maximum atomic E-state index is 5.76. The first-order chi connectivity index (χ1) is 13.8. The van der Waals surface area contributed by atoms with Crippen LogP contribution in [0.15, 0.2) is 53.7 Å². The number of aromatic nitrogens is 2. The third kappa shape index (κ3) is 4.33. The molecule has 4 rings (SSSR count). The van der Waals surface area contributed by atoms with Crippen LogP contribution in [0, 0.1) is 0 Å². The van der Waals surface area contributed by atoms with Crippen molar-refractivity contribution in [1.82, 2.24) is 9.55 Å². The molecule has 0 fully saturated rings. The van der Waals surface area contributed by atoms with Gasteiger partial charge in [0.05, 0.1) is 11.0 Å². The number of benzene rings is 2. The predicted octanol–water partition coefficient (Wildman–Crippen LogP) is 5.24. The predicted molar refractivity (Wildman–Crippen MR) is 122 cm³/mol. The number of fused-ring (bicyclic) bond motifs is 4. The molecule has 0 bridgehead atoms. The molecule has 0 atom stereocenters. The van der Waals surface area contributed by atoms with Crippen molar-refractivity contribution in [3.63, 3.8) is 0 Å². The lowest BCUT2D eigenvalue weighted by molar-refractivity contribution is 0.764. The number of aliphatic imine (C=N–C) groups is 1. The minimum Gasteiger partial charge on any atom is -0.404 e. The summed E-state index contributed by atoms with van der Waals surface area (Å²) in [6.45, 7) is 8.87. The second-order valence-corrected chi connectivity index (χ2v) is 6.10. The van der Waals surface area contributed by atoms with Crippen LogP contribution in [-0.4, -0.2) is 22.8 Å². The van der Waals surface area contributed by atoms with E-state index in [1.54, 1.807) is 19.5 Å². The molecule has 1 aromatic heterocycles. The molecule has 1 aliphatic rings. The lowest BCUT2D eigenvalue weighted by Crippen LogP contribution is -2.02. The average Bonchev–Trinajstić information content (AvgIpc) is 2.99. The molecule has 4 heteroatoms. The van der Waals surface area contributed by atoms with Crippen molar-refractivity contribution in [2.45, 2.75) is 47.1 Å². The van der Waals surface area contributed by atoms with Crippen LogP contribution in [-0.2, 0) is 19.4 Å². The Kier molecular flexibility index (Phi) is 8.00. The van der Waals surface area contributed by atoms with E-state index >= 15 is 0 Å². The molecule has 0 spiro atoms. The van der Waals surface area contributed by atoms with Gasteiger partial charge in [0, 0.05) is 38.0 Å². The van der Waals surface area contributed by atoms with E-state index < -0.39 is 0 Å². The maximum absolute atomic E-state index is 5.76. The van der Waals surface area contributed by atoms with Gasteiger partial charge in [-0.2, -0.15) is 0 Å². The molecule has 4 nitrogen and oxygen atoms in total. The van der Waals surface area contributed by atoms with Gasteiger partial charge in [0.2, 0.25) is 0 Å². The Morgan fingerprint density at radius 1 is 1.04 bits per heavy atom. The first-order valence-corrected chi connectivity index (χ1v) is 10.2. The summed E-state index contributed by atoms with van der Waals surface area (Å²) in [5, 5.41) is 0. The van der Waals surface area contributed by atoms with E-state index in [2.05, 4.69) is 52.0 Å². The summed E-state index contributed by atoms with van der Waals surface area (Å²) in [4.78, 5) is 8.93. The van der Waals surface area contributed by atoms with Crippen LogP contribution in [0.4, 0.5) is 0 Å². The molecule has 2 heterocycles. The highest BCUT2D eigenvalue weighted by molar-refractivity contribution is 6.10. The number of allylic oxidation sites excluding steroid dienone is 1. The summed E-state index contributed by atoms with van der Waals surface area (Å²) < 4.78 is 2.34. The van der Waals surface area contributed by atoms with Crippen LogP contribution in [0.5, 0.6) is 0 Å². The largest absolute Gasteiger partial charge is 0.404 e. The fourth-order valence-electron chi connectivity index (χ4n) is 3.44. The second kappa shape index (κ2) is 10.5. The first-order valence-electron chi connectivity index (χ1n) is 10.2. The van der Waals surface area contributed by atoms with Crippen LogP contribution in [0.1, 0.15) is 50.2 Å². The van der Waals surface area contributed by atoms with Crippen molar-refractivity contribution in [2.75, 3.05) is 7.05 Å². The third-order valence-electron chi connectivity index (χ3n) is 4.67. The molecule has 0 aliphatic carbocycles. The smallest absolute Gasteiger partial charge is 0.110 e. The third-order valence-corrected chi connectivity index (χ3v) is 4.67. The van der Waals surface area contributed by atoms with E-state index in [1.165, 1.54) is 11.1 Å². The molecule has 148 valence electrons. The zero-order chi connectivity index (χ0) is 20.5. The van der Waals surface area contributed by atoms with Gasteiger partial charge in [-0.25, -0.2) is 4.98 Å². The monoisotopic (exact) mass is 376 g/mol. The van der Waals surface area contributed by atoms with E-state index in [1.807, 2.05) is 27.7 Å². The molecule has 2 aromatic carbocycles. The van der Waals surface area contributed by atoms with Crippen molar-refractivity contribution < 1.29 is 0 Å². The minimum atomic E-state index is 0.870. The van der Waals surface area contributed by atoms with Gasteiger partial charge in [-0.1, -0.05) is 58.0 Å². The first kappa shape index (κ1) is 21.4. The van der Waals surface area contributed by atoms with Crippen LogP contribution in [0.3, 0.4) is 0 Å². The Bertz CT molecular complexity index is 964. The van der Waals surface area contributed by atoms with E-state index in [4.69, 9.17) is 10.7 Å². The summed E-state index contributed by atoms with van der Waals surface area (Å²) >= 11 is 0. The Morgan fingerprint density at radius 2 is 1.75 bits per heavy atom. The highest BCUT2D eigenvalue weighted by Crippen LogP contribution is 2.26. The maximum Gasteiger partial charge on any atom is 0.110 e. The molecule has 0 saturated heterocycles. The van der Waals surface area contributed by atoms with E-state index in [0.29, 0.717) is 0 Å². The number of hydrogen-bond donors (Lipinski definition) is 1. The number of nitrogens with zero attached hydrogens (tertiary/aromatic N) is 3. The average molecular weight is 377 g/mol. The Morgan fingerprint density at radius 3 is 2.43 bits per heavy atom. The fraction of sp³-hybridized carbons (Fsp3) is 0.333. The van der Waals surface area contributed by atoms with Gasteiger partial charge in [0.25, 0.3) is 0 Å². The van der Waals surface area contributed by atoms with Gasteiger partial charge in [0.15, 0.2) is 0 Å². The quantitative estimate of drug-likeness (QED) is 0.622. The molecule has 28 heavy (non-hydrogen) atoms. The van der Waals surface area contributed by atoms with E-state index in [0.717, 1.165) is 47.4 Å². The number of imidazole rings is 1. The van der Waals surface area contributed by atoms with Gasteiger partial charge in [-0.05, 0) is 35.2 Å². The normalized spacial score (nSPS) is 13.0. The van der Waals surface area contributed by atoms with Gasteiger partial charge in [-0.15, -0.1) is 0 Å². The molecule has 1 aliphatic heterocycles. The van der Waals surface area contributed by atoms with Crippen molar-refractivity contribution in [3.8, 4) is 0 Å². The van der Waals surface area contributed by atoms with E-state index in [-0.39, 0.29) is 0 Å². The summed E-state index contributed by atoms with van der Waals surface area (Å²) in [6, 6.07) is 15.0. The lowest BCUT2D eigenvalue weighted by Gasteiger charge is -2.08. The van der Waals surface area contributed by atoms with Gasteiger partial charge < -0.3 is 10.3 Å². The molecule has 0 amide bonds. The molecule has 3 aromatic rings. The van der Waals surface area contributed by atoms with E-state index in [9.17, 15) is 0 Å². The van der Waals surface area contributed by atoms with Crippen LogP contribution >= 0.6 is 0 Å². The lowest BCUT2D eigenvalue weighted by atomic mass is 10.0. The number of aryl methyl sites for hydroxylation is 2. The Balaban J connectivity index is 0.000000660. The topological polar surface area (TPSA) is 56.2 Å². The van der Waals surface area contributed by atoms with Crippen LogP contribution in [0.25, 0.3) is 16.6 Å². The number of hydrogen-bond acceptors (Lipinski definition) is 3. The number of nitrogens with two attached hydrogens (primary N) is 1. The van der Waals surface area contributed by atoms with Crippen molar-refractivity contribution in [1.29, 1.82) is 0 Å². The van der Waals surface area contributed by atoms with Crippen molar-refractivity contribution in [2.24, 2.45) is 10.7 Å². The Labute approximate surface area is 168 Å². The second-order valence-electron chi connectivity index (χ2n) is 6.10. The SMILES string of the molecule is CC.CC.CN=C/C(=C\N)c1ccc2nc3n(c2c1)Cc1ccccc1CC3. The van der Waals surface area contributed by atoms with Gasteiger partial charge >= 0.3 is 0 Å². The molecule has 0 saturated carbocycles. The summed E-state index contributed by atoms with van der Waals surface area (Å²) in [5.41, 5.74) is 12.7. The van der Waals surface area contributed by atoms with Gasteiger partial charge in [0.1, 0.15) is 5.82 Å².